The second kappa shape index (κ2) is 8.16. The first kappa shape index (κ1) is 20.7. The van der Waals surface area contributed by atoms with E-state index in [1.807, 2.05) is 19.1 Å². The van der Waals surface area contributed by atoms with Gasteiger partial charge >= 0.3 is 11.4 Å². The van der Waals surface area contributed by atoms with E-state index in [9.17, 15) is 26.8 Å². The Balaban J connectivity index is 1.82. The molecule has 1 aromatic heterocycles. The van der Waals surface area contributed by atoms with E-state index in [0.717, 1.165) is 24.1 Å². The number of hydrogen-bond acceptors (Lipinski definition) is 4. The lowest BCUT2D eigenvalue weighted by Crippen LogP contribution is -2.29. The molecule has 0 aliphatic rings. The third-order valence-corrected chi connectivity index (χ3v) is 5.77. The number of rotatable bonds is 7. The number of benzene rings is 2. The van der Waals surface area contributed by atoms with Gasteiger partial charge in [0, 0.05) is 12.2 Å². The number of carbonyl (C=O) groups is 1. The fraction of sp³-hybridized carbons (Fsp3) is 0.263. The van der Waals surface area contributed by atoms with Gasteiger partial charge in [-0.15, -0.1) is 0 Å². The van der Waals surface area contributed by atoms with Crippen molar-refractivity contribution in [2.45, 2.75) is 37.1 Å². The Labute approximate surface area is 165 Å². The van der Waals surface area contributed by atoms with Crippen molar-refractivity contribution in [2.75, 3.05) is 5.32 Å². The first-order valence-electron chi connectivity index (χ1n) is 8.85. The van der Waals surface area contributed by atoms with Gasteiger partial charge in [0.05, 0.1) is 15.9 Å². The van der Waals surface area contributed by atoms with Crippen LogP contribution in [0.25, 0.3) is 11.0 Å². The summed E-state index contributed by atoms with van der Waals surface area (Å²) in [4.78, 5) is 24.6. The first-order chi connectivity index (χ1) is 13.8. The minimum Gasteiger partial charge on any atom is -0.325 e. The molecule has 0 aliphatic heterocycles. The molecule has 0 saturated carbocycles. The first-order valence-corrected chi connectivity index (χ1v) is 10.4. The number of imidazole rings is 1. The Kier molecular flexibility index (Phi) is 5.83. The van der Waals surface area contributed by atoms with Crippen LogP contribution in [0.2, 0.25) is 0 Å². The van der Waals surface area contributed by atoms with E-state index in [-0.39, 0.29) is 17.9 Å². The number of alkyl halides is 2. The summed E-state index contributed by atoms with van der Waals surface area (Å²) in [5.41, 5.74) is 1.28. The summed E-state index contributed by atoms with van der Waals surface area (Å²) >= 11 is 0. The van der Waals surface area contributed by atoms with Gasteiger partial charge in [-0.05, 0) is 42.8 Å². The number of aryl methyl sites for hydroxylation is 1. The molecule has 2 aromatic carbocycles. The normalized spacial score (nSPS) is 11.9. The van der Waals surface area contributed by atoms with E-state index in [4.69, 9.17) is 0 Å². The van der Waals surface area contributed by atoms with E-state index in [1.54, 1.807) is 16.7 Å². The van der Waals surface area contributed by atoms with Gasteiger partial charge in [0.15, 0.2) is 0 Å². The maximum absolute atomic E-state index is 12.7. The van der Waals surface area contributed by atoms with Crippen molar-refractivity contribution in [3.63, 3.8) is 0 Å². The van der Waals surface area contributed by atoms with Gasteiger partial charge in [-0.3, -0.25) is 13.9 Å². The molecule has 0 unspecified atom stereocenters. The summed E-state index contributed by atoms with van der Waals surface area (Å²) in [5, 5.41) is 2.54. The third-order valence-electron chi connectivity index (χ3n) is 4.38. The summed E-state index contributed by atoms with van der Waals surface area (Å²) in [6.45, 7) is 2.23. The lowest BCUT2D eigenvalue weighted by atomic mass is 10.3. The van der Waals surface area contributed by atoms with Crippen LogP contribution in [0.3, 0.4) is 0 Å². The zero-order valence-corrected chi connectivity index (χ0v) is 16.3. The fourth-order valence-electron chi connectivity index (χ4n) is 3.04. The Hall–Kier alpha value is -3.01. The van der Waals surface area contributed by atoms with Crippen LogP contribution in [0.15, 0.2) is 58.2 Å². The lowest BCUT2D eigenvalue weighted by Gasteiger charge is -2.08. The van der Waals surface area contributed by atoms with E-state index in [1.165, 1.54) is 16.7 Å². The second-order valence-electron chi connectivity index (χ2n) is 6.39. The molecule has 0 saturated heterocycles. The maximum Gasteiger partial charge on any atom is 0.341 e. The molecule has 0 aliphatic carbocycles. The van der Waals surface area contributed by atoms with Crippen molar-refractivity contribution >= 4 is 32.5 Å². The lowest BCUT2D eigenvalue weighted by molar-refractivity contribution is -0.116. The summed E-state index contributed by atoms with van der Waals surface area (Å²) in [6, 6.07) is 11.6. The number of nitrogens with one attached hydrogen (secondary N) is 1. The van der Waals surface area contributed by atoms with E-state index in [0.29, 0.717) is 12.1 Å². The predicted octanol–water partition coefficient (Wildman–Crippen LogP) is 2.85. The topological polar surface area (TPSA) is 90.2 Å². The van der Waals surface area contributed by atoms with Crippen molar-refractivity contribution in [3.05, 3.63) is 59.0 Å². The molecular weight excluding hydrogens is 404 g/mol. The molecule has 154 valence electrons. The van der Waals surface area contributed by atoms with Crippen LogP contribution in [-0.2, 0) is 27.7 Å². The molecule has 10 heteroatoms. The number of aromatic nitrogens is 2. The SMILES string of the molecule is CCCn1c(=O)n(CC(=O)Nc2ccc(S(=O)(=O)C(F)F)cc2)c2ccccc21. The Morgan fingerprint density at radius 3 is 2.17 bits per heavy atom. The van der Waals surface area contributed by atoms with Gasteiger partial charge in [-0.1, -0.05) is 19.1 Å². The van der Waals surface area contributed by atoms with Crippen molar-refractivity contribution < 1.29 is 22.0 Å². The number of anilines is 1. The van der Waals surface area contributed by atoms with Gasteiger partial charge in [0.25, 0.3) is 0 Å². The highest BCUT2D eigenvalue weighted by Gasteiger charge is 2.26. The molecule has 3 aromatic rings. The van der Waals surface area contributed by atoms with Gasteiger partial charge in [-0.25, -0.2) is 13.2 Å². The summed E-state index contributed by atoms with van der Waals surface area (Å²) < 4.78 is 51.0. The van der Waals surface area contributed by atoms with Crippen LogP contribution >= 0.6 is 0 Å². The smallest absolute Gasteiger partial charge is 0.325 e. The fourth-order valence-corrected chi connectivity index (χ4v) is 3.76. The molecule has 1 N–H and O–H groups in total. The van der Waals surface area contributed by atoms with Crippen LogP contribution in [0.4, 0.5) is 14.5 Å². The molecule has 1 amide bonds. The number of fused-ring (bicyclic) bond motifs is 1. The van der Waals surface area contributed by atoms with Gasteiger partial charge in [0.1, 0.15) is 6.54 Å². The third kappa shape index (κ3) is 4.07. The molecule has 3 rings (SSSR count). The number of hydrogen-bond donors (Lipinski definition) is 1. The zero-order chi connectivity index (χ0) is 21.2. The largest absolute Gasteiger partial charge is 0.341 e. The van der Waals surface area contributed by atoms with Gasteiger partial charge in [0.2, 0.25) is 15.7 Å². The highest BCUT2D eigenvalue weighted by atomic mass is 32.2. The van der Waals surface area contributed by atoms with Crippen LogP contribution in [-0.4, -0.2) is 29.2 Å². The number of nitrogens with zero attached hydrogens (tertiary/aromatic N) is 2. The highest BCUT2D eigenvalue weighted by Crippen LogP contribution is 2.20. The minimum atomic E-state index is -4.70. The molecule has 0 fully saturated rings. The van der Waals surface area contributed by atoms with E-state index in [2.05, 4.69) is 5.32 Å². The quantitative estimate of drug-likeness (QED) is 0.633. The van der Waals surface area contributed by atoms with Crippen molar-refractivity contribution in [3.8, 4) is 0 Å². The average Bonchev–Trinajstić information content (AvgIpc) is 2.94. The van der Waals surface area contributed by atoms with Crippen LogP contribution in [0, 0.1) is 0 Å². The Bertz CT molecular complexity index is 1200. The molecular formula is C19H19F2N3O4S. The summed E-state index contributed by atoms with van der Waals surface area (Å²) in [6.07, 6.45) is 0.758. The second-order valence-corrected chi connectivity index (χ2v) is 8.31. The monoisotopic (exact) mass is 423 g/mol. The van der Waals surface area contributed by atoms with Gasteiger partial charge in [-0.2, -0.15) is 8.78 Å². The van der Waals surface area contributed by atoms with Crippen molar-refractivity contribution in [2.24, 2.45) is 0 Å². The minimum absolute atomic E-state index is 0.230. The van der Waals surface area contributed by atoms with Crippen molar-refractivity contribution in [1.29, 1.82) is 0 Å². The van der Waals surface area contributed by atoms with Gasteiger partial charge < -0.3 is 5.32 Å². The number of carbonyl (C=O) groups excluding carboxylic acids is 1. The maximum atomic E-state index is 12.7. The average molecular weight is 423 g/mol. The standard InChI is InChI=1S/C19H19F2N3O4S/c1-2-11-23-15-5-3-4-6-16(15)24(19(23)26)12-17(25)22-13-7-9-14(10-8-13)29(27,28)18(20)21/h3-10,18H,2,11-12H2,1H3,(H,22,25). The van der Waals surface area contributed by atoms with Crippen molar-refractivity contribution in [1.82, 2.24) is 9.13 Å². The van der Waals surface area contributed by atoms with Crippen LogP contribution in [0.5, 0.6) is 0 Å². The van der Waals surface area contributed by atoms with Crippen LogP contribution in [0.1, 0.15) is 13.3 Å². The Morgan fingerprint density at radius 2 is 1.62 bits per heavy atom. The summed E-state index contributed by atoms with van der Waals surface area (Å²) in [5.74, 6) is -4.02. The summed E-state index contributed by atoms with van der Waals surface area (Å²) in [7, 11) is -4.70. The molecule has 29 heavy (non-hydrogen) atoms. The number of amides is 1. The number of para-hydroxylation sites is 2. The van der Waals surface area contributed by atoms with E-state index < -0.39 is 26.4 Å². The number of sulfone groups is 1. The predicted molar refractivity (Wildman–Crippen MR) is 105 cm³/mol. The van der Waals surface area contributed by atoms with Crippen LogP contribution < -0.4 is 11.0 Å². The highest BCUT2D eigenvalue weighted by molar-refractivity contribution is 7.91. The van der Waals surface area contributed by atoms with E-state index >= 15 is 0 Å². The Morgan fingerprint density at radius 1 is 1.03 bits per heavy atom. The molecule has 7 nitrogen and oxygen atoms in total. The number of halogens is 2. The zero-order valence-electron chi connectivity index (χ0n) is 15.5. The molecule has 0 radical (unpaired) electrons. The molecule has 1 heterocycles. The molecule has 0 bridgehead atoms. The molecule has 0 atom stereocenters. The molecule has 0 spiro atoms.